The fraction of sp³-hybridized carbons (Fsp3) is 0.640. The van der Waals surface area contributed by atoms with Gasteiger partial charge in [0.2, 0.25) is 5.91 Å². The van der Waals surface area contributed by atoms with Crippen molar-refractivity contribution in [2.24, 2.45) is 11.1 Å². The quantitative estimate of drug-likeness (QED) is 0.674. The molecule has 170 valence electrons. The van der Waals surface area contributed by atoms with Gasteiger partial charge in [0.25, 0.3) is 0 Å². The summed E-state index contributed by atoms with van der Waals surface area (Å²) in [7, 11) is 0. The molecule has 2 N–H and O–H groups in total. The summed E-state index contributed by atoms with van der Waals surface area (Å²) < 4.78 is 24.1. The van der Waals surface area contributed by atoms with Crippen LogP contribution in [0.15, 0.2) is 36.2 Å². The molecule has 1 aliphatic heterocycles. The highest BCUT2D eigenvalue weighted by atomic mass is 19.1. The molecule has 1 aromatic rings. The van der Waals surface area contributed by atoms with Crippen LogP contribution in [0.1, 0.15) is 57.9 Å². The van der Waals surface area contributed by atoms with Crippen LogP contribution in [0.25, 0.3) is 0 Å². The Morgan fingerprint density at radius 3 is 2.29 bits per heavy atom. The topological polar surface area (TPSA) is 64.8 Å². The largest absolute Gasteiger partial charge is 0.489 e. The van der Waals surface area contributed by atoms with E-state index in [1.807, 2.05) is 30.9 Å². The number of likely N-dealkylation sites (tertiary alicyclic amines) is 1. The molecule has 4 fully saturated rings. The number of nitrogens with zero attached hydrogens (tertiary/aromatic N) is 1. The second-order valence-electron chi connectivity index (χ2n) is 9.86. The van der Waals surface area contributed by atoms with E-state index in [9.17, 15) is 9.18 Å². The number of amides is 1. The predicted molar refractivity (Wildman–Crippen MR) is 119 cm³/mol. The third-order valence-electron chi connectivity index (χ3n) is 7.61. The zero-order chi connectivity index (χ0) is 22.1. The molecule has 0 atom stereocenters. The molecule has 1 heterocycles. The van der Waals surface area contributed by atoms with Crippen molar-refractivity contribution in [2.45, 2.75) is 70.0 Å². The van der Waals surface area contributed by atoms with Crippen LogP contribution in [0.2, 0.25) is 0 Å². The molecule has 4 aliphatic rings. The lowest BCUT2D eigenvalue weighted by atomic mass is 9.51. The molecule has 1 saturated heterocycles. The lowest BCUT2D eigenvalue weighted by Gasteiger charge is -2.55. The molecule has 1 amide bonds. The number of fused-ring (bicyclic) bond motifs is 3. The lowest BCUT2D eigenvalue weighted by molar-refractivity contribution is -0.165. The summed E-state index contributed by atoms with van der Waals surface area (Å²) in [6, 6.07) is 8.21. The Bertz CT molecular complexity index is 790. The van der Waals surface area contributed by atoms with Gasteiger partial charge in [-0.3, -0.25) is 4.79 Å². The molecule has 31 heavy (non-hydrogen) atoms. The van der Waals surface area contributed by atoms with Gasteiger partial charge in [-0.1, -0.05) is 12.1 Å². The first-order valence-electron chi connectivity index (χ1n) is 11.6. The first-order chi connectivity index (χ1) is 14.9. The monoisotopic (exact) mass is 430 g/mol. The third kappa shape index (κ3) is 4.37. The standard InChI is InChI=1S/C25H35FN2O3/c1-18(2)31-22-15-28(16-22)23(29)25-10-7-24(8-11-25,9-12-25)20-3-5-21(6-4-20)30-17-19(13-26)14-27/h3-6,13,18,22H,7-12,14-17,27H2,1-2H3/b19-13+. The maximum atomic E-state index is 13.3. The summed E-state index contributed by atoms with van der Waals surface area (Å²) >= 11 is 0. The smallest absolute Gasteiger partial charge is 0.228 e. The molecule has 3 saturated carbocycles. The second kappa shape index (κ2) is 8.91. The van der Waals surface area contributed by atoms with E-state index in [1.165, 1.54) is 5.56 Å². The van der Waals surface area contributed by atoms with Crippen molar-refractivity contribution in [2.75, 3.05) is 26.2 Å². The summed E-state index contributed by atoms with van der Waals surface area (Å²) in [6.45, 7) is 5.90. The zero-order valence-corrected chi connectivity index (χ0v) is 18.7. The Labute approximate surface area is 184 Å². The van der Waals surface area contributed by atoms with Crippen molar-refractivity contribution in [3.05, 3.63) is 41.7 Å². The molecule has 5 rings (SSSR count). The molecule has 2 bridgehead atoms. The Morgan fingerprint density at radius 2 is 1.77 bits per heavy atom. The van der Waals surface area contributed by atoms with Gasteiger partial charge in [0, 0.05) is 30.6 Å². The van der Waals surface area contributed by atoms with Gasteiger partial charge in [-0.25, -0.2) is 4.39 Å². The number of carbonyl (C=O) groups is 1. The van der Waals surface area contributed by atoms with Crippen LogP contribution in [-0.2, 0) is 14.9 Å². The maximum Gasteiger partial charge on any atom is 0.228 e. The first-order valence-corrected chi connectivity index (χ1v) is 11.6. The molecule has 6 heteroatoms. The maximum absolute atomic E-state index is 13.3. The van der Waals surface area contributed by atoms with E-state index in [-0.39, 0.29) is 36.2 Å². The summed E-state index contributed by atoms with van der Waals surface area (Å²) in [5.41, 5.74) is 7.25. The third-order valence-corrected chi connectivity index (χ3v) is 7.61. The highest BCUT2D eigenvalue weighted by molar-refractivity contribution is 5.84. The van der Waals surface area contributed by atoms with Crippen LogP contribution in [0.3, 0.4) is 0 Å². The zero-order valence-electron chi connectivity index (χ0n) is 18.7. The van der Waals surface area contributed by atoms with Gasteiger partial charge in [-0.2, -0.15) is 0 Å². The molecule has 1 aromatic carbocycles. The number of hydrogen-bond acceptors (Lipinski definition) is 4. The van der Waals surface area contributed by atoms with Gasteiger partial charge in [0.15, 0.2) is 0 Å². The molecular formula is C25H35FN2O3. The highest BCUT2D eigenvalue weighted by Crippen LogP contribution is 2.58. The van der Waals surface area contributed by atoms with Crippen molar-refractivity contribution < 1.29 is 18.7 Å². The fourth-order valence-electron chi connectivity index (χ4n) is 5.57. The SMILES string of the molecule is CC(C)OC1CN(C(=O)C23CCC(c4ccc(OC/C(=C/F)CN)cc4)(CC2)CC3)C1. The van der Waals surface area contributed by atoms with Gasteiger partial charge >= 0.3 is 0 Å². The van der Waals surface area contributed by atoms with Crippen LogP contribution >= 0.6 is 0 Å². The van der Waals surface area contributed by atoms with Crippen molar-refractivity contribution in [1.29, 1.82) is 0 Å². The van der Waals surface area contributed by atoms with Crippen molar-refractivity contribution >= 4 is 5.91 Å². The van der Waals surface area contributed by atoms with Gasteiger partial charge in [0.05, 0.1) is 18.5 Å². The van der Waals surface area contributed by atoms with E-state index in [0.717, 1.165) is 57.4 Å². The fourth-order valence-corrected chi connectivity index (χ4v) is 5.57. The van der Waals surface area contributed by atoms with E-state index < -0.39 is 0 Å². The number of nitrogens with two attached hydrogens (primary N) is 1. The van der Waals surface area contributed by atoms with Crippen molar-refractivity contribution in [3.63, 3.8) is 0 Å². The van der Waals surface area contributed by atoms with Crippen molar-refractivity contribution in [1.82, 2.24) is 4.90 Å². The molecule has 0 unspecified atom stereocenters. The summed E-state index contributed by atoms with van der Waals surface area (Å²) in [4.78, 5) is 15.3. The van der Waals surface area contributed by atoms with E-state index in [4.69, 9.17) is 15.2 Å². The molecule has 5 nitrogen and oxygen atoms in total. The summed E-state index contributed by atoms with van der Waals surface area (Å²) in [5, 5.41) is 0. The average molecular weight is 431 g/mol. The highest BCUT2D eigenvalue weighted by Gasteiger charge is 2.55. The normalized spacial score (nSPS) is 28.7. The van der Waals surface area contributed by atoms with Gasteiger partial charge in [-0.15, -0.1) is 0 Å². The van der Waals surface area contributed by atoms with Crippen LogP contribution < -0.4 is 10.5 Å². The number of hydrogen-bond donors (Lipinski definition) is 1. The van der Waals surface area contributed by atoms with Gasteiger partial charge in [-0.05, 0) is 75.5 Å². The van der Waals surface area contributed by atoms with Gasteiger partial charge < -0.3 is 20.1 Å². The Balaban J connectivity index is 1.34. The van der Waals surface area contributed by atoms with E-state index in [0.29, 0.717) is 17.8 Å². The number of halogens is 1. The van der Waals surface area contributed by atoms with Gasteiger partial charge in [0.1, 0.15) is 12.4 Å². The molecule has 3 aliphatic carbocycles. The Morgan fingerprint density at radius 1 is 1.16 bits per heavy atom. The summed E-state index contributed by atoms with van der Waals surface area (Å²) in [6.07, 6.45) is 7.01. The first kappa shape index (κ1) is 22.3. The van der Waals surface area contributed by atoms with Crippen LogP contribution in [0.4, 0.5) is 4.39 Å². The predicted octanol–water partition coefficient (Wildman–Crippen LogP) is 4.11. The van der Waals surface area contributed by atoms with E-state index in [1.54, 1.807) is 0 Å². The molecule has 0 aromatic heterocycles. The molecular weight excluding hydrogens is 395 g/mol. The summed E-state index contributed by atoms with van der Waals surface area (Å²) in [5.74, 6) is 1.07. The minimum atomic E-state index is -0.162. The number of rotatable bonds is 8. The van der Waals surface area contributed by atoms with Crippen LogP contribution in [0.5, 0.6) is 5.75 Å². The van der Waals surface area contributed by atoms with Crippen LogP contribution in [0, 0.1) is 5.41 Å². The van der Waals surface area contributed by atoms with Crippen molar-refractivity contribution in [3.8, 4) is 5.75 Å². The molecule has 0 spiro atoms. The number of benzene rings is 1. The minimum Gasteiger partial charge on any atom is -0.489 e. The Hall–Kier alpha value is -1.92. The number of ether oxygens (including phenoxy) is 2. The molecule has 0 radical (unpaired) electrons. The Kier molecular flexibility index (Phi) is 6.40. The van der Waals surface area contributed by atoms with E-state index in [2.05, 4.69) is 12.1 Å². The lowest BCUT2D eigenvalue weighted by Crippen LogP contribution is -2.61. The van der Waals surface area contributed by atoms with E-state index >= 15 is 0 Å². The van der Waals surface area contributed by atoms with Crippen LogP contribution in [-0.4, -0.2) is 49.3 Å². The minimum absolute atomic E-state index is 0.154. The second-order valence-corrected chi connectivity index (χ2v) is 9.86. The average Bonchev–Trinajstić information content (AvgIpc) is 2.77. The number of carbonyl (C=O) groups excluding carboxylic acids is 1.